The average molecular weight is 357 g/mol. The lowest BCUT2D eigenvalue weighted by atomic mass is 10.1. The van der Waals surface area contributed by atoms with Gasteiger partial charge in [0.1, 0.15) is 12.4 Å². The second-order valence-corrected chi connectivity index (χ2v) is 7.11. The Labute approximate surface area is 152 Å². The molecule has 2 heterocycles. The van der Waals surface area contributed by atoms with E-state index in [0.29, 0.717) is 12.2 Å². The van der Waals surface area contributed by atoms with Gasteiger partial charge in [-0.1, -0.05) is 24.6 Å². The zero-order valence-electron chi connectivity index (χ0n) is 14.2. The molecule has 0 radical (unpaired) electrons. The van der Waals surface area contributed by atoms with Crippen LogP contribution >= 0.6 is 11.3 Å². The van der Waals surface area contributed by atoms with Crippen molar-refractivity contribution in [3.05, 3.63) is 52.2 Å². The number of nitrogens with zero attached hydrogens (tertiary/aromatic N) is 1. The number of ether oxygens (including phenoxy) is 1. The summed E-state index contributed by atoms with van der Waals surface area (Å²) in [6, 6.07) is 11.3. The van der Waals surface area contributed by atoms with Crippen LogP contribution in [0.5, 0.6) is 5.75 Å². The van der Waals surface area contributed by atoms with Gasteiger partial charge in [0.15, 0.2) is 0 Å². The highest BCUT2D eigenvalue weighted by Crippen LogP contribution is 2.24. The molecule has 1 aromatic heterocycles. The van der Waals surface area contributed by atoms with Crippen molar-refractivity contribution in [3.8, 4) is 5.75 Å². The standard InChI is InChI=1S/C20H23NO3S/c22-20(23)18(19-8-5-13-25-19)15-16-6-4-7-17(14-16)24-12-11-21-9-2-1-3-10-21/h4-8,13-15H,1-3,9-12H2,(H,22,23)/b18-15-. The predicted molar refractivity (Wildman–Crippen MR) is 102 cm³/mol. The molecule has 0 unspecified atom stereocenters. The third kappa shape index (κ3) is 5.18. The summed E-state index contributed by atoms with van der Waals surface area (Å²) in [5.74, 6) is -0.138. The Hall–Kier alpha value is -2.11. The van der Waals surface area contributed by atoms with Crippen molar-refractivity contribution < 1.29 is 14.6 Å². The first-order valence-corrected chi connectivity index (χ1v) is 9.54. The van der Waals surface area contributed by atoms with Gasteiger partial charge in [-0.3, -0.25) is 4.90 Å². The first kappa shape index (κ1) is 17.7. The molecule has 1 saturated heterocycles. The second-order valence-electron chi connectivity index (χ2n) is 6.16. The second kappa shape index (κ2) is 8.83. The van der Waals surface area contributed by atoms with Crippen LogP contribution in [0.3, 0.4) is 0 Å². The molecule has 0 atom stereocenters. The molecule has 0 aliphatic carbocycles. The molecule has 3 rings (SSSR count). The van der Waals surface area contributed by atoms with E-state index in [9.17, 15) is 9.90 Å². The van der Waals surface area contributed by atoms with Crippen LogP contribution in [-0.4, -0.2) is 42.2 Å². The topological polar surface area (TPSA) is 49.8 Å². The lowest BCUT2D eigenvalue weighted by Crippen LogP contribution is -2.33. The van der Waals surface area contributed by atoms with Crippen LogP contribution in [0.1, 0.15) is 29.7 Å². The normalized spacial score (nSPS) is 15.9. The molecule has 132 valence electrons. The van der Waals surface area contributed by atoms with E-state index in [1.54, 1.807) is 6.08 Å². The maximum atomic E-state index is 11.5. The molecule has 0 amide bonds. The molecule has 1 aliphatic rings. The molecule has 1 N–H and O–H groups in total. The number of hydrogen-bond acceptors (Lipinski definition) is 4. The minimum Gasteiger partial charge on any atom is -0.492 e. The summed E-state index contributed by atoms with van der Waals surface area (Å²) in [4.78, 5) is 14.7. The minimum atomic E-state index is -0.918. The number of benzene rings is 1. The van der Waals surface area contributed by atoms with Gasteiger partial charge < -0.3 is 9.84 Å². The van der Waals surface area contributed by atoms with Crippen molar-refractivity contribution >= 4 is 29.0 Å². The van der Waals surface area contributed by atoms with Crippen molar-refractivity contribution in [1.82, 2.24) is 4.90 Å². The zero-order chi connectivity index (χ0) is 17.5. The molecule has 0 bridgehead atoms. The van der Waals surface area contributed by atoms with E-state index in [0.717, 1.165) is 35.8 Å². The van der Waals surface area contributed by atoms with Crippen molar-refractivity contribution in [1.29, 1.82) is 0 Å². The Morgan fingerprint density at radius 2 is 2.04 bits per heavy atom. The number of piperidine rings is 1. The van der Waals surface area contributed by atoms with E-state index in [1.165, 1.54) is 30.6 Å². The number of rotatable bonds is 7. The average Bonchev–Trinajstić information content (AvgIpc) is 3.15. The number of carbonyl (C=O) groups is 1. The van der Waals surface area contributed by atoms with Crippen LogP contribution < -0.4 is 4.74 Å². The summed E-state index contributed by atoms with van der Waals surface area (Å²) in [6.45, 7) is 3.92. The summed E-state index contributed by atoms with van der Waals surface area (Å²) in [5, 5.41) is 11.3. The molecule has 2 aromatic rings. The maximum absolute atomic E-state index is 11.5. The Morgan fingerprint density at radius 1 is 1.20 bits per heavy atom. The lowest BCUT2D eigenvalue weighted by Gasteiger charge is -2.26. The molecule has 1 aromatic carbocycles. The Kier molecular flexibility index (Phi) is 6.25. The van der Waals surface area contributed by atoms with Crippen molar-refractivity contribution in [3.63, 3.8) is 0 Å². The highest BCUT2D eigenvalue weighted by atomic mass is 32.1. The van der Waals surface area contributed by atoms with Gasteiger partial charge in [0.25, 0.3) is 0 Å². The molecule has 5 heteroatoms. The summed E-state index contributed by atoms with van der Waals surface area (Å²) in [5.41, 5.74) is 1.14. The first-order chi connectivity index (χ1) is 12.2. The molecule has 0 saturated carbocycles. The van der Waals surface area contributed by atoms with Gasteiger partial charge in [-0.25, -0.2) is 4.79 Å². The van der Waals surface area contributed by atoms with E-state index < -0.39 is 5.97 Å². The maximum Gasteiger partial charge on any atom is 0.337 e. The van der Waals surface area contributed by atoms with Gasteiger partial charge in [0.2, 0.25) is 0 Å². The number of carboxylic acid groups (broad SMARTS) is 1. The van der Waals surface area contributed by atoms with Gasteiger partial charge in [0.05, 0.1) is 5.57 Å². The SMILES string of the molecule is O=C(O)/C(=C\c1cccc(OCCN2CCCCC2)c1)c1cccs1. The largest absolute Gasteiger partial charge is 0.492 e. The highest BCUT2D eigenvalue weighted by molar-refractivity contribution is 7.11. The van der Waals surface area contributed by atoms with E-state index in [2.05, 4.69) is 4.90 Å². The minimum absolute atomic E-state index is 0.306. The fourth-order valence-corrected chi connectivity index (χ4v) is 3.74. The summed E-state index contributed by atoms with van der Waals surface area (Å²) >= 11 is 1.43. The first-order valence-electron chi connectivity index (χ1n) is 8.66. The number of aliphatic carboxylic acids is 1. The van der Waals surface area contributed by atoms with Crippen LogP contribution in [0.4, 0.5) is 0 Å². The number of thiophene rings is 1. The van der Waals surface area contributed by atoms with E-state index >= 15 is 0 Å². The molecule has 25 heavy (non-hydrogen) atoms. The van der Waals surface area contributed by atoms with Crippen molar-refractivity contribution in [2.45, 2.75) is 19.3 Å². The third-order valence-electron chi connectivity index (χ3n) is 4.31. The molecule has 0 spiro atoms. The third-order valence-corrected chi connectivity index (χ3v) is 5.21. The fourth-order valence-electron chi connectivity index (χ4n) is 3.01. The Bertz CT molecular complexity index is 718. The smallest absolute Gasteiger partial charge is 0.337 e. The van der Waals surface area contributed by atoms with Gasteiger partial charge in [-0.15, -0.1) is 11.3 Å². The predicted octanol–water partition coefficient (Wildman–Crippen LogP) is 4.24. The van der Waals surface area contributed by atoms with E-state index in [4.69, 9.17) is 4.74 Å². The van der Waals surface area contributed by atoms with E-state index in [1.807, 2.05) is 41.8 Å². The summed E-state index contributed by atoms with van der Waals surface area (Å²) in [6.07, 6.45) is 5.59. The summed E-state index contributed by atoms with van der Waals surface area (Å²) < 4.78 is 5.87. The van der Waals surface area contributed by atoms with Crippen molar-refractivity contribution in [2.75, 3.05) is 26.2 Å². The molecule has 4 nitrogen and oxygen atoms in total. The van der Waals surface area contributed by atoms with Gasteiger partial charge in [-0.05, 0) is 61.1 Å². The van der Waals surface area contributed by atoms with Crippen LogP contribution in [0.2, 0.25) is 0 Å². The van der Waals surface area contributed by atoms with Gasteiger partial charge in [0, 0.05) is 11.4 Å². The van der Waals surface area contributed by atoms with Crippen molar-refractivity contribution in [2.24, 2.45) is 0 Å². The molecule has 1 aliphatic heterocycles. The highest BCUT2D eigenvalue weighted by Gasteiger charge is 2.12. The quantitative estimate of drug-likeness (QED) is 0.753. The van der Waals surface area contributed by atoms with Crippen LogP contribution in [0.15, 0.2) is 41.8 Å². The fraction of sp³-hybridized carbons (Fsp3) is 0.350. The Morgan fingerprint density at radius 3 is 2.76 bits per heavy atom. The molecular weight excluding hydrogens is 334 g/mol. The van der Waals surface area contributed by atoms with Gasteiger partial charge in [-0.2, -0.15) is 0 Å². The van der Waals surface area contributed by atoms with Gasteiger partial charge >= 0.3 is 5.97 Å². The monoisotopic (exact) mass is 357 g/mol. The molecule has 1 fully saturated rings. The van der Waals surface area contributed by atoms with Crippen LogP contribution in [0, 0.1) is 0 Å². The number of carboxylic acids is 1. The lowest BCUT2D eigenvalue weighted by molar-refractivity contribution is -0.130. The molecular formula is C20H23NO3S. The van der Waals surface area contributed by atoms with Crippen LogP contribution in [-0.2, 0) is 4.79 Å². The van der Waals surface area contributed by atoms with Crippen LogP contribution in [0.25, 0.3) is 11.6 Å². The zero-order valence-corrected chi connectivity index (χ0v) is 15.0. The van der Waals surface area contributed by atoms with E-state index in [-0.39, 0.29) is 0 Å². The summed E-state index contributed by atoms with van der Waals surface area (Å²) in [7, 11) is 0. The number of likely N-dealkylation sites (tertiary alicyclic amines) is 1. The number of hydrogen-bond donors (Lipinski definition) is 1. The Balaban J connectivity index is 1.64.